The van der Waals surface area contributed by atoms with Gasteiger partial charge in [0.15, 0.2) is 0 Å². The van der Waals surface area contributed by atoms with E-state index in [1.54, 1.807) is 18.2 Å². The molecule has 22 heavy (non-hydrogen) atoms. The van der Waals surface area contributed by atoms with Crippen LogP contribution in [0.3, 0.4) is 0 Å². The summed E-state index contributed by atoms with van der Waals surface area (Å²) in [6, 6.07) is 9.13. The van der Waals surface area contributed by atoms with Gasteiger partial charge in [0.05, 0.1) is 5.02 Å². The molecule has 0 aliphatic heterocycles. The molecule has 0 aliphatic rings. The first-order valence-corrected chi connectivity index (χ1v) is 7.33. The molecule has 0 N–H and O–H groups in total. The van der Waals surface area contributed by atoms with Crippen LogP contribution in [0.1, 0.15) is 11.1 Å². The van der Waals surface area contributed by atoms with E-state index in [1.807, 2.05) is 0 Å². The van der Waals surface area contributed by atoms with Gasteiger partial charge in [0.2, 0.25) is 0 Å². The van der Waals surface area contributed by atoms with E-state index in [0.717, 1.165) is 0 Å². The normalized spacial score (nSPS) is 10.9. The van der Waals surface area contributed by atoms with Crippen LogP contribution >= 0.6 is 34.8 Å². The predicted octanol–water partition coefficient (Wildman–Crippen LogP) is 5.54. The van der Waals surface area contributed by atoms with Crippen molar-refractivity contribution in [3.8, 4) is 0 Å². The second-order valence-corrected chi connectivity index (χ2v) is 5.56. The fourth-order valence-electron chi connectivity index (χ4n) is 1.66. The van der Waals surface area contributed by atoms with Gasteiger partial charge in [-0.2, -0.15) is 0 Å². The highest BCUT2D eigenvalue weighted by Crippen LogP contribution is 2.22. The zero-order valence-corrected chi connectivity index (χ0v) is 13.4. The highest BCUT2D eigenvalue weighted by atomic mass is 35.5. The smallest absolute Gasteiger partial charge is 0.331 e. The SMILES string of the molecule is O=C(/C=C/c1ccc(Cl)cc1Cl)OCc1c(F)cccc1Cl. The standard InChI is InChI=1S/C16H10Cl3FO2/c17-11-6-4-10(14(19)8-11)5-7-16(21)22-9-12-13(18)2-1-3-15(12)20/h1-8H,9H2/b7-5+. The van der Waals surface area contributed by atoms with Gasteiger partial charge in [0, 0.05) is 21.7 Å². The van der Waals surface area contributed by atoms with Crippen molar-refractivity contribution >= 4 is 46.8 Å². The lowest BCUT2D eigenvalue weighted by Gasteiger charge is -2.05. The minimum absolute atomic E-state index is 0.135. The van der Waals surface area contributed by atoms with Gasteiger partial charge in [-0.1, -0.05) is 46.9 Å². The van der Waals surface area contributed by atoms with E-state index in [2.05, 4.69) is 0 Å². The Balaban J connectivity index is 2.00. The molecule has 0 fully saturated rings. The minimum atomic E-state index is -0.634. The highest BCUT2D eigenvalue weighted by molar-refractivity contribution is 6.35. The van der Waals surface area contributed by atoms with Gasteiger partial charge in [-0.3, -0.25) is 0 Å². The lowest BCUT2D eigenvalue weighted by molar-refractivity contribution is -0.138. The molecule has 2 rings (SSSR count). The summed E-state index contributed by atoms with van der Waals surface area (Å²) in [4.78, 5) is 11.6. The van der Waals surface area contributed by atoms with Crippen LogP contribution in [0.25, 0.3) is 6.08 Å². The third-order valence-corrected chi connectivity index (χ3v) is 3.70. The summed E-state index contributed by atoms with van der Waals surface area (Å²) in [5.74, 6) is -1.16. The monoisotopic (exact) mass is 358 g/mol. The molecule has 0 atom stereocenters. The Labute approximate surface area is 142 Å². The molecule has 114 valence electrons. The topological polar surface area (TPSA) is 26.3 Å². The third-order valence-electron chi connectivity index (χ3n) is 2.78. The zero-order valence-electron chi connectivity index (χ0n) is 11.2. The van der Waals surface area contributed by atoms with E-state index < -0.39 is 11.8 Å². The first kappa shape index (κ1) is 16.8. The molecule has 0 aromatic heterocycles. The van der Waals surface area contributed by atoms with Crippen molar-refractivity contribution in [1.29, 1.82) is 0 Å². The number of esters is 1. The summed E-state index contributed by atoms with van der Waals surface area (Å²) in [5.41, 5.74) is 0.752. The van der Waals surface area contributed by atoms with Crippen molar-refractivity contribution in [3.63, 3.8) is 0 Å². The van der Waals surface area contributed by atoms with Crippen molar-refractivity contribution in [2.75, 3.05) is 0 Å². The zero-order chi connectivity index (χ0) is 16.1. The van der Waals surface area contributed by atoms with Crippen LogP contribution in [0.4, 0.5) is 4.39 Å². The van der Waals surface area contributed by atoms with E-state index in [9.17, 15) is 9.18 Å². The van der Waals surface area contributed by atoms with E-state index >= 15 is 0 Å². The van der Waals surface area contributed by atoms with Crippen LogP contribution in [-0.4, -0.2) is 5.97 Å². The largest absolute Gasteiger partial charge is 0.457 e. The van der Waals surface area contributed by atoms with E-state index in [1.165, 1.54) is 30.4 Å². The quantitative estimate of drug-likeness (QED) is 0.529. The third kappa shape index (κ3) is 4.47. The second-order valence-electron chi connectivity index (χ2n) is 4.31. The van der Waals surface area contributed by atoms with Crippen molar-refractivity contribution < 1.29 is 13.9 Å². The van der Waals surface area contributed by atoms with Crippen molar-refractivity contribution in [3.05, 3.63) is 74.5 Å². The van der Waals surface area contributed by atoms with Crippen LogP contribution in [0.15, 0.2) is 42.5 Å². The molecule has 2 aromatic rings. The molecule has 0 aliphatic carbocycles. The summed E-state index contributed by atoms with van der Waals surface area (Å²) in [5, 5.41) is 1.12. The molecule has 0 amide bonds. The average molecular weight is 360 g/mol. The fraction of sp³-hybridized carbons (Fsp3) is 0.0625. The summed E-state index contributed by atoms with van der Waals surface area (Å²) in [6.07, 6.45) is 2.69. The molecular formula is C16H10Cl3FO2. The van der Waals surface area contributed by atoms with E-state index in [-0.39, 0.29) is 17.2 Å². The Kier molecular flexibility index (Phi) is 5.83. The van der Waals surface area contributed by atoms with Crippen LogP contribution < -0.4 is 0 Å². The van der Waals surface area contributed by atoms with E-state index in [4.69, 9.17) is 39.5 Å². The maximum absolute atomic E-state index is 13.5. The Morgan fingerprint density at radius 2 is 1.91 bits per heavy atom. The van der Waals surface area contributed by atoms with Crippen LogP contribution in [0.2, 0.25) is 15.1 Å². The van der Waals surface area contributed by atoms with Gasteiger partial charge in [-0.15, -0.1) is 0 Å². The van der Waals surface area contributed by atoms with Gasteiger partial charge in [-0.05, 0) is 35.9 Å². The number of carbonyl (C=O) groups is 1. The minimum Gasteiger partial charge on any atom is -0.457 e. The van der Waals surface area contributed by atoms with Crippen LogP contribution in [0, 0.1) is 5.82 Å². The highest BCUT2D eigenvalue weighted by Gasteiger charge is 2.09. The maximum Gasteiger partial charge on any atom is 0.331 e. The van der Waals surface area contributed by atoms with Crippen molar-refractivity contribution in [2.24, 2.45) is 0 Å². The summed E-state index contributed by atoms with van der Waals surface area (Å²) >= 11 is 17.6. The number of hydrogen-bond acceptors (Lipinski definition) is 2. The number of carbonyl (C=O) groups excluding carboxylic acids is 1. The Hall–Kier alpha value is -1.55. The lowest BCUT2D eigenvalue weighted by atomic mass is 10.2. The number of hydrogen-bond donors (Lipinski definition) is 0. The summed E-state index contributed by atoms with van der Waals surface area (Å²) < 4.78 is 18.5. The molecular weight excluding hydrogens is 350 g/mol. The molecule has 2 nitrogen and oxygen atoms in total. The van der Waals surface area contributed by atoms with Gasteiger partial charge >= 0.3 is 5.97 Å². The molecule has 6 heteroatoms. The maximum atomic E-state index is 13.5. The molecule has 0 radical (unpaired) electrons. The molecule has 0 heterocycles. The molecule has 0 spiro atoms. The lowest BCUT2D eigenvalue weighted by Crippen LogP contribution is -2.03. The molecule has 0 bridgehead atoms. The van der Waals surface area contributed by atoms with E-state index in [0.29, 0.717) is 15.6 Å². The average Bonchev–Trinajstić information content (AvgIpc) is 2.46. The number of benzene rings is 2. The second kappa shape index (κ2) is 7.63. The number of halogens is 4. The first-order chi connectivity index (χ1) is 10.5. The Morgan fingerprint density at radius 3 is 2.59 bits per heavy atom. The summed E-state index contributed by atoms with van der Waals surface area (Å²) in [7, 11) is 0. The number of ether oxygens (including phenoxy) is 1. The van der Waals surface area contributed by atoms with Crippen LogP contribution in [-0.2, 0) is 16.1 Å². The molecule has 0 saturated carbocycles. The summed E-state index contributed by atoms with van der Waals surface area (Å²) in [6.45, 7) is -0.247. The van der Waals surface area contributed by atoms with Crippen molar-refractivity contribution in [1.82, 2.24) is 0 Å². The molecule has 0 saturated heterocycles. The fourth-order valence-corrected chi connectivity index (χ4v) is 2.35. The first-order valence-electron chi connectivity index (χ1n) is 6.20. The van der Waals surface area contributed by atoms with Crippen molar-refractivity contribution in [2.45, 2.75) is 6.61 Å². The number of rotatable bonds is 4. The predicted molar refractivity (Wildman–Crippen MR) is 86.7 cm³/mol. The molecule has 2 aromatic carbocycles. The van der Waals surface area contributed by atoms with Gasteiger partial charge in [-0.25, -0.2) is 9.18 Å². The molecule has 0 unspecified atom stereocenters. The Morgan fingerprint density at radius 1 is 1.14 bits per heavy atom. The van der Waals surface area contributed by atoms with Gasteiger partial charge in [0.1, 0.15) is 12.4 Å². The van der Waals surface area contributed by atoms with Gasteiger partial charge < -0.3 is 4.74 Å². The van der Waals surface area contributed by atoms with Crippen LogP contribution in [0.5, 0.6) is 0 Å². The van der Waals surface area contributed by atoms with Gasteiger partial charge in [0.25, 0.3) is 0 Å². The Bertz CT molecular complexity index is 709.